The van der Waals surface area contributed by atoms with Gasteiger partial charge in [0.2, 0.25) is 0 Å². The van der Waals surface area contributed by atoms with Crippen molar-refractivity contribution in [2.75, 3.05) is 0 Å². The third-order valence-electron chi connectivity index (χ3n) is 3.34. The Morgan fingerprint density at radius 3 is 2.81 bits per heavy atom. The van der Waals surface area contributed by atoms with Crippen molar-refractivity contribution in [3.63, 3.8) is 0 Å². The molecule has 106 valence electrons. The maximum Gasteiger partial charge on any atom is 0.261 e. The third kappa shape index (κ3) is 2.67. The smallest absolute Gasteiger partial charge is 0.261 e. The molecule has 0 aliphatic heterocycles. The van der Waals surface area contributed by atoms with Gasteiger partial charge in [-0.1, -0.05) is 23.7 Å². The second-order valence-corrected chi connectivity index (χ2v) is 5.28. The van der Waals surface area contributed by atoms with Crippen molar-refractivity contribution in [3.05, 3.63) is 75.0 Å². The lowest BCUT2D eigenvalue weighted by Gasteiger charge is -2.11. The Hall–Kier alpha value is -2.20. The van der Waals surface area contributed by atoms with Crippen LogP contribution in [0.25, 0.3) is 10.9 Å². The zero-order chi connectivity index (χ0) is 15.0. The number of aromatic nitrogens is 2. The summed E-state index contributed by atoms with van der Waals surface area (Å²) in [6.45, 7) is 2.03. The first kappa shape index (κ1) is 13.8. The molecular formula is C16H12ClFN2O. The molecule has 0 fully saturated rings. The second-order valence-electron chi connectivity index (χ2n) is 4.84. The fourth-order valence-corrected chi connectivity index (χ4v) is 2.48. The minimum Gasteiger partial charge on any atom is -0.292 e. The number of benzene rings is 2. The highest BCUT2D eigenvalue weighted by atomic mass is 35.5. The normalized spacial score (nSPS) is 11.0. The van der Waals surface area contributed by atoms with Gasteiger partial charge in [0.25, 0.3) is 5.56 Å². The first-order chi connectivity index (χ1) is 10.0. The van der Waals surface area contributed by atoms with Crippen LogP contribution in [-0.2, 0) is 6.54 Å². The summed E-state index contributed by atoms with van der Waals surface area (Å²) in [6, 6.07) is 11.2. The summed E-state index contributed by atoms with van der Waals surface area (Å²) in [5.41, 5.74) is 1.14. The number of nitrogens with zero attached hydrogens (tertiary/aromatic N) is 2. The number of hydrogen-bond acceptors (Lipinski definition) is 2. The van der Waals surface area contributed by atoms with Crippen LogP contribution in [0.1, 0.15) is 11.4 Å². The lowest BCUT2D eigenvalue weighted by Crippen LogP contribution is -2.24. The Labute approximate surface area is 125 Å². The molecule has 0 saturated heterocycles. The predicted molar refractivity (Wildman–Crippen MR) is 81.3 cm³/mol. The maximum absolute atomic E-state index is 13.3. The topological polar surface area (TPSA) is 34.9 Å². The molecule has 2 aromatic carbocycles. The van der Waals surface area contributed by atoms with Crippen molar-refractivity contribution in [1.29, 1.82) is 0 Å². The summed E-state index contributed by atoms with van der Waals surface area (Å²) in [5, 5.41) is 0.951. The predicted octanol–water partition coefficient (Wildman–Crippen LogP) is 3.55. The van der Waals surface area contributed by atoms with Crippen LogP contribution < -0.4 is 5.56 Å². The quantitative estimate of drug-likeness (QED) is 0.725. The fraction of sp³-hybridized carbons (Fsp3) is 0.125. The summed E-state index contributed by atoms with van der Waals surface area (Å²) >= 11 is 5.94. The van der Waals surface area contributed by atoms with Crippen molar-refractivity contribution >= 4 is 22.5 Å². The van der Waals surface area contributed by atoms with E-state index in [1.165, 1.54) is 16.7 Å². The van der Waals surface area contributed by atoms with Crippen LogP contribution in [0.5, 0.6) is 0 Å². The van der Waals surface area contributed by atoms with Gasteiger partial charge in [-0.2, -0.15) is 0 Å². The molecule has 0 radical (unpaired) electrons. The highest BCUT2D eigenvalue weighted by molar-refractivity contribution is 6.31. The Morgan fingerprint density at radius 2 is 2.05 bits per heavy atom. The van der Waals surface area contributed by atoms with Gasteiger partial charge in [-0.3, -0.25) is 9.36 Å². The van der Waals surface area contributed by atoms with E-state index in [1.807, 2.05) is 0 Å². The number of hydrogen-bond donors (Lipinski definition) is 0. The van der Waals surface area contributed by atoms with Gasteiger partial charge in [0.1, 0.15) is 11.6 Å². The first-order valence-electron chi connectivity index (χ1n) is 6.46. The molecule has 3 aromatic rings. The fourth-order valence-electron chi connectivity index (χ4n) is 2.31. The van der Waals surface area contributed by atoms with Gasteiger partial charge < -0.3 is 0 Å². The van der Waals surface area contributed by atoms with Crippen molar-refractivity contribution < 1.29 is 4.39 Å². The third-order valence-corrected chi connectivity index (χ3v) is 3.57. The molecule has 21 heavy (non-hydrogen) atoms. The molecule has 0 spiro atoms. The molecular weight excluding hydrogens is 291 g/mol. The van der Waals surface area contributed by atoms with E-state index in [0.29, 0.717) is 27.3 Å². The number of halogens is 2. The van der Waals surface area contributed by atoms with Crippen LogP contribution >= 0.6 is 11.6 Å². The van der Waals surface area contributed by atoms with E-state index in [1.54, 1.807) is 37.3 Å². The van der Waals surface area contributed by atoms with E-state index >= 15 is 0 Å². The highest BCUT2D eigenvalue weighted by Crippen LogP contribution is 2.15. The van der Waals surface area contributed by atoms with E-state index in [4.69, 9.17) is 11.6 Å². The molecule has 0 aliphatic carbocycles. The summed E-state index contributed by atoms with van der Waals surface area (Å²) in [5.74, 6) is 0.258. The second kappa shape index (κ2) is 5.30. The molecule has 0 unspecified atom stereocenters. The van der Waals surface area contributed by atoms with Crippen LogP contribution in [0, 0.1) is 12.7 Å². The lowest BCUT2D eigenvalue weighted by atomic mass is 10.2. The zero-order valence-corrected chi connectivity index (χ0v) is 12.1. The van der Waals surface area contributed by atoms with Crippen LogP contribution in [0.15, 0.2) is 47.3 Å². The monoisotopic (exact) mass is 302 g/mol. The molecule has 3 rings (SSSR count). The summed E-state index contributed by atoms with van der Waals surface area (Å²) < 4.78 is 14.8. The van der Waals surface area contributed by atoms with Crippen molar-refractivity contribution in [2.24, 2.45) is 0 Å². The van der Waals surface area contributed by atoms with Gasteiger partial charge in [0, 0.05) is 5.02 Å². The molecule has 1 heterocycles. The van der Waals surface area contributed by atoms with E-state index in [0.717, 1.165) is 0 Å². The molecule has 3 nitrogen and oxygen atoms in total. The molecule has 0 amide bonds. The number of aryl methyl sites for hydroxylation is 1. The summed E-state index contributed by atoms with van der Waals surface area (Å²) in [7, 11) is 0. The Kier molecular flexibility index (Phi) is 3.47. The highest BCUT2D eigenvalue weighted by Gasteiger charge is 2.09. The van der Waals surface area contributed by atoms with E-state index in [2.05, 4.69) is 4.98 Å². The van der Waals surface area contributed by atoms with Crippen LogP contribution in [0.4, 0.5) is 4.39 Å². The van der Waals surface area contributed by atoms with E-state index in [9.17, 15) is 9.18 Å². The van der Waals surface area contributed by atoms with Gasteiger partial charge in [-0.25, -0.2) is 9.37 Å². The molecule has 0 bridgehead atoms. The lowest BCUT2D eigenvalue weighted by molar-refractivity contribution is 0.621. The van der Waals surface area contributed by atoms with Gasteiger partial charge in [-0.05, 0) is 42.8 Å². The van der Waals surface area contributed by atoms with Crippen molar-refractivity contribution in [2.45, 2.75) is 13.5 Å². The number of fused-ring (bicyclic) bond motifs is 1. The van der Waals surface area contributed by atoms with E-state index < -0.39 is 0 Å². The standard InChI is InChI=1S/C16H12ClFN2O/c1-10-19-15-6-5-12(17)8-14(15)16(21)20(10)9-11-3-2-4-13(18)7-11/h2-8H,9H2,1H3. The molecule has 0 N–H and O–H groups in total. The van der Waals surface area contributed by atoms with Crippen LogP contribution in [0.3, 0.4) is 0 Å². The first-order valence-corrected chi connectivity index (χ1v) is 6.83. The largest absolute Gasteiger partial charge is 0.292 e. The molecule has 5 heteroatoms. The van der Waals surface area contributed by atoms with Gasteiger partial charge in [0.15, 0.2) is 0 Å². The molecule has 0 saturated carbocycles. The van der Waals surface area contributed by atoms with Crippen LogP contribution in [-0.4, -0.2) is 9.55 Å². The average Bonchev–Trinajstić information content (AvgIpc) is 2.45. The van der Waals surface area contributed by atoms with Gasteiger partial charge in [0.05, 0.1) is 17.4 Å². The Morgan fingerprint density at radius 1 is 1.24 bits per heavy atom. The minimum absolute atomic E-state index is 0.177. The molecule has 0 aliphatic rings. The Bertz CT molecular complexity index is 889. The van der Waals surface area contributed by atoms with E-state index in [-0.39, 0.29) is 17.9 Å². The van der Waals surface area contributed by atoms with Crippen LogP contribution in [0.2, 0.25) is 5.02 Å². The van der Waals surface area contributed by atoms with Gasteiger partial charge in [-0.15, -0.1) is 0 Å². The molecule has 0 atom stereocenters. The van der Waals surface area contributed by atoms with Crippen molar-refractivity contribution in [3.8, 4) is 0 Å². The van der Waals surface area contributed by atoms with Gasteiger partial charge >= 0.3 is 0 Å². The number of rotatable bonds is 2. The SMILES string of the molecule is Cc1nc2ccc(Cl)cc2c(=O)n1Cc1cccc(F)c1. The average molecular weight is 303 g/mol. The Balaban J connectivity index is 2.16. The van der Waals surface area contributed by atoms with Crippen molar-refractivity contribution in [1.82, 2.24) is 9.55 Å². The summed E-state index contributed by atoms with van der Waals surface area (Å²) in [4.78, 5) is 17.0. The molecule has 1 aromatic heterocycles. The maximum atomic E-state index is 13.3. The minimum atomic E-state index is -0.324. The summed E-state index contributed by atoms with van der Waals surface area (Å²) in [6.07, 6.45) is 0. The zero-order valence-electron chi connectivity index (χ0n) is 11.3.